The molecular formula is C47H92. The standard InChI is InChI=1S/C47H92/c1-22-41-31(10)35(14)45(37(16)43(41)24-3)33(12)28(7)26(5)27(6)29(8)39(18)47(20,21)40(19)30(9)34(13)46-36(15)32(11)42(23-2)44(25-4)38(46)17/h26-46H,22-25H2,1-21H3/t26?,27?,28?,29?,30-,31?,32?,33?,34-,35?,36?,37?,38?,39+,40+,41?,42?,43?,44?,45?,46?/m0/s1. The van der Waals surface area contributed by atoms with Gasteiger partial charge in [0.05, 0.1) is 0 Å². The molecule has 0 aliphatic heterocycles. The van der Waals surface area contributed by atoms with Crippen molar-refractivity contribution in [2.45, 2.75) is 171 Å². The Morgan fingerprint density at radius 1 is 0.362 bits per heavy atom. The molecule has 47 heavy (non-hydrogen) atoms. The first-order chi connectivity index (χ1) is 21.7. The molecule has 0 heterocycles. The summed E-state index contributed by atoms with van der Waals surface area (Å²) in [5.74, 6) is 16.9. The van der Waals surface area contributed by atoms with Gasteiger partial charge in [-0.3, -0.25) is 0 Å². The Bertz CT molecular complexity index is 900. The summed E-state index contributed by atoms with van der Waals surface area (Å²) < 4.78 is 0. The third kappa shape index (κ3) is 8.23. The summed E-state index contributed by atoms with van der Waals surface area (Å²) in [6, 6.07) is 0. The molecule has 2 fully saturated rings. The summed E-state index contributed by atoms with van der Waals surface area (Å²) in [6.45, 7) is 54.6. The molecule has 280 valence electrons. The molecule has 17 unspecified atom stereocenters. The van der Waals surface area contributed by atoms with Crippen molar-refractivity contribution in [1.82, 2.24) is 0 Å². The lowest BCUT2D eigenvalue weighted by molar-refractivity contribution is -0.0607. The highest BCUT2D eigenvalue weighted by molar-refractivity contribution is 4.98. The minimum absolute atomic E-state index is 0.310. The minimum atomic E-state index is 0.310. The molecule has 0 saturated heterocycles. The highest BCUT2D eigenvalue weighted by Gasteiger charge is 2.50. The molecule has 0 aromatic carbocycles. The van der Waals surface area contributed by atoms with E-state index in [0.717, 1.165) is 112 Å². The van der Waals surface area contributed by atoms with Crippen molar-refractivity contribution < 1.29 is 0 Å². The summed E-state index contributed by atoms with van der Waals surface area (Å²) in [5, 5.41) is 0. The molecule has 0 heteroatoms. The van der Waals surface area contributed by atoms with Gasteiger partial charge in [-0.1, -0.05) is 171 Å². The minimum Gasteiger partial charge on any atom is -0.0651 e. The van der Waals surface area contributed by atoms with E-state index < -0.39 is 0 Å². The van der Waals surface area contributed by atoms with Crippen molar-refractivity contribution >= 4 is 0 Å². The maximum atomic E-state index is 2.66. The van der Waals surface area contributed by atoms with Crippen LogP contribution in [0.4, 0.5) is 0 Å². The van der Waals surface area contributed by atoms with Gasteiger partial charge in [-0.15, -0.1) is 0 Å². The van der Waals surface area contributed by atoms with E-state index in [-0.39, 0.29) is 0 Å². The lowest BCUT2D eigenvalue weighted by Crippen LogP contribution is -2.48. The number of hydrogen-bond acceptors (Lipinski definition) is 0. The number of hydrogen-bond donors (Lipinski definition) is 0. The van der Waals surface area contributed by atoms with Gasteiger partial charge in [0, 0.05) is 0 Å². The van der Waals surface area contributed by atoms with Crippen LogP contribution in [0.5, 0.6) is 0 Å². The van der Waals surface area contributed by atoms with Gasteiger partial charge in [0.15, 0.2) is 0 Å². The van der Waals surface area contributed by atoms with Crippen molar-refractivity contribution in [2.24, 2.45) is 130 Å². The fraction of sp³-hybridized carbons (Fsp3) is 1.00. The highest BCUT2D eigenvalue weighted by Crippen LogP contribution is 2.56. The van der Waals surface area contributed by atoms with Crippen molar-refractivity contribution in [3.8, 4) is 0 Å². The third-order valence-electron chi connectivity index (χ3n) is 19.1. The molecule has 2 saturated carbocycles. The monoisotopic (exact) mass is 657 g/mol. The Balaban J connectivity index is 2.21. The lowest BCUT2D eigenvalue weighted by atomic mass is 9.51. The first-order valence-corrected chi connectivity index (χ1v) is 21.7. The molecule has 0 bridgehead atoms. The molecule has 0 N–H and O–H groups in total. The normalized spacial score (nSPS) is 41.3. The van der Waals surface area contributed by atoms with Gasteiger partial charge < -0.3 is 0 Å². The van der Waals surface area contributed by atoms with Crippen LogP contribution in [0, 0.1) is 130 Å². The second-order valence-corrected chi connectivity index (χ2v) is 20.0. The average molecular weight is 657 g/mol. The summed E-state index contributed by atoms with van der Waals surface area (Å²) in [4.78, 5) is 0. The topological polar surface area (TPSA) is 0 Å². The summed E-state index contributed by atoms with van der Waals surface area (Å²) in [5.41, 5.74) is 0.310. The van der Waals surface area contributed by atoms with Crippen molar-refractivity contribution in [2.75, 3.05) is 0 Å². The highest BCUT2D eigenvalue weighted by atomic mass is 14.5. The van der Waals surface area contributed by atoms with Crippen molar-refractivity contribution in [1.29, 1.82) is 0 Å². The zero-order valence-electron chi connectivity index (χ0n) is 36.5. The van der Waals surface area contributed by atoms with Crippen LogP contribution in [0.1, 0.15) is 171 Å². The molecule has 0 aromatic heterocycles. The van der Waals surface area contributed by atoms with Gasteiger partial charge in [0.2, 0.25) is 0 Å². The largest absolute Gasteiger partial charge is 0.0651 e. The van der Waals surface area contributed by atoms with Gasteiger partial charge in [0.1, 0.15) is 0 Å². The van der Waals surface area contributed by atoms with Gasteiger partial charge in [-0.2, -0.15) is 0 Å². The fourth-order valence-corrected chi connectivity index (χ4v) is 14.0. The van der Waals surface area contributed by atoms with Crippen LogP contribution >= 0.6 is 0 Å². The molecule has 0 radical (unpaired) electrons. The number of rotatable bonds is 15. The second kappa shape index (κ2) is 17.5. The maximum Gasteiger partial charge on any atom is -0.0298 e. The van der Waals surface area contributed by atoms with Crippen molar-refractivity contribution in [3.05, 3.63) is 0 Å². The second-order valence-electron chi connectivity index (χ2n) is 20.0. The Morgan fingerprint density at radius 3 is 0.979 bits per heavy atom. The molecule has 2 aliphatic rings. The first-order valence-electron chi connectivity index (χ1n) is 21.7. The molecule has 21 atom stereocenters. The van der Waals surface area contributed by atoms with Crippen LogP contribution in [0.3, 0.4) is 0 Å². The Hall–Kier alpha value is 0. The lowest BCUT2D eigenvalue weighted by Gasteiger charge is -2.54. The van der Waals surface area contributed by atoms with E-state index in [0.29, 0.717) is 17.3 Å². The third-order valence-corrected chi connectivity index (χ3v) is 19.1. The van der Waals surface area contributed by atoms with Crippen LogP contribution in [0.15, 0.2) is 0 Å². The van der Waals surface area contributed by atoms with E-state index in [2.05, 4.69) is 145 Å². The quantitative estimate of drug-likeness (QED) is 0.164. The van der Waals surface area contributed by atoms with Crippen LogP contribution in [0.25, 0.3) is 0 Å². The van der Waals surface area contributed by atoms with E-state index in [1.165, 1.54) is 25.7 Å². The van der Waals surface area contributed by atoms with Crippen LogP contribution in [0.2, 0.25) is 0 Å². The average Bonchev–Trinajstić information content (AvgIpc) is 3.04. The van der Waals surface area contributed by atoms with Crippen LogP contribution in [-0.4, -0.2) is 0 Å². The van der Waals surface area contributed by atoms with E-state index in [1.54, 1.807) is 0 Å². The Labute approximate surface area is 300 Å². The van der Waals surface area contributed by atoms with Gasteiger partial charge in [-0.05, 0) is 130 Å². The Morgan fingerprint density at radius 2 is 0.638 bits per heavy atom. The molecule has 0 spiro atoms. The van der Waals surface area contributed by atoms with Gasteiger partial charge in [0.25, 0.3) is 0 Å². The fourth-order valence-electron chi connectivity index (χ4n) is 14.0. The zero-order chi connectivity index (χ0) is 36.5. The van der Waals surface area contributed by atoms with E-state index in [4.69, 9.17) is 0 Å². The molecule has 0 aromatic rings. The van der Waals surface area contributed by atoms with Crippen LogP contribution in [-0.2, 0) is 0 Å². The van der Waals surface area contributed by atoms with Gasteiger partial charge in [-0.25, -0.2) is 0 Å². The predicted molar refractivity (Wildman–Crippen MR) is 213 cm³/mol. The predicted octanol–water partition coefficient (Wildman–Crippen LogP) is 14.9. The molecule has 0 amide bonds. The first kappa shape index (κ1) is 43.2. The van der Waals surface area contributed by atoms with Crippen molar-refractivity contribution in [3.63, 3.8) is 0 Å². The molecule has 2 aliphatic carbocycles. The van der Waals surface area contributed by atoms with Gasteiger partial charge >= 0.3 is 0 Å². The summed E-state index contributed by atoms with van der Waals surface area (Å²) >= 11 is 0. The molecular weight excluding hydrogens is 565 g/mol. The summed E-state index contributed by atoms with van der Waals surface area (Å²) in [6.07, 6.45) is 5.42. The summed E-state index contributed by atoms with van der Waals surface area (Å²) in [7, 11) is 0. The van der Waals surface area contributed by atoms with E-state index in [1.807, 2.05) is 0 Å². The van der Waals surface area contributed by atoms with E-state index >= 15 is 0 Å². The van der Waals surface area contributed by atoms with Crippen LogP contribution < -0.4 is 0 Å². The molecule has 2 rings (SSSR count). The smallest absolute Gasteiger partial charge is 0.0298 e. The Kier molecular flexibility index (Phi) is 16.1. The maximum absolute atomic E-state index is 2.66. The molecule has 0 nitrogen and oxygen atoms in total. The zero-order valence-corrected chi connectivity index (χ0v) is 36.5. The SMILES string of the molecule is CCC1C(C)C(C)C(C(C)C(C)C(C)C(C)C(C)[C@@H](C)C(C)(C)[C@H](C)[C@@H](C)[C@H](C)C2C(C)C(C)C(CC)C(CC)C2C)C(C)C1CC. The van der Waals surface area contributed by atoms with E-state index in [9.17, 15) is 0 Å².